The molecule has 0 bridgehead atoms. The van der Waals surface area contributed by atoms with E-state index in [1.807, 2.05) is 34.0 Å². The number of likely N-dealkylation sites (tertiary alicyclic amines) is 1. The zero-order valence-electron chi connectivity index (χ0n) is 12.9. The quantitative estimate of drug-likeness (QED) is 0.870. The summed E-state index contributed by atoms with van der Waals surface area (Å²) in [5.41, 5.74) is 2.34. The lowest BCUT2D eigenvalue weighted by molar-refractivity contribution is 0.0764. The molecule has 1 aromatic heterocycles. The van der Waals surface area contributed by atoms with E-state index in [0.717, 1.165) is 19.0 Å². The normalized spacial score (nSPS) is 26.0. The van der Waals surface area contributed by atoms with Crippen LogP contribution < -0.4 is 0 Å². The second-order valence-electron chi connectivity index (χ2n) is 6.71. The Bertz CT molecular complexity index is 689. The molecule has 1 aliphatic heterocycles. The molecule has 0 N–H and O–H groups in total. The predicted octanol–water partition coefficient (Wildman–Crippen LogP) is 2.80. The molecule has 2 heterocycles. The van der Waals surface area contributed by atoms with Gasteiger partial charge in [0.2, 0.25) is 0 Å². The molecule has 1 aliphatic carbocycles. The maximum atomic E-state index is 12.6. The van der Waals surface area contributed by atoms with Gasteiger partial charge in [0.25, 0.3) is 5.91 Å². The van der Waals surface area contributed by atoms with Crippen molar-refractivity contribution in [2.45, 2.75) is 26.3 Å². The molecule has 22 heavy (non-hydrogen) atoms. The van der Waals surface area contributed by atoms with Gasteiger partial charge in [-0.15, -0.1) is 0 Å². The number of rotatable bonds is 4. The summed E-state index contributed by atoms with van der Waals surface area (Å²) in [7, 11) is 0. The Morgan fingerprint density at radius 1 is 1.36 bits per heavy atom. The molecule has 0 radical (unpaired) electrons. The first-order chi connectivity index (χ1) is 10.7. The zero-order valence-corrected chi connectivity index (χ0v) is 12.9. The van der Waals surface area contributed by atoms with Gasteiger partial charge in [-0.05, 0) is 29.7 Å². The number of hydrogen-bond acceptors (Lipinski definition) is 2. The van der Waals surface area contributed by atoms with Gasteiger partial charge in [0.15, 0.2) is 0 Å². The summed E-state index contributed by atoms with van der Waals surface area (Å²) >= 11 is 0. The second-order valence-corrected chi connectivity index (χ2v) is 6.71. The second kappa shape index (κ2) is 4.97. The molecule has 1 saturated heterocycles. The van der Waals surface area contributed by atoms with Crippen molar-refractivity contribution in [1.29, 1.82) is 0 Å². The summed E-state index contributed by atoms with van der Waals surface area (Å²) in [6, 6.07) is 10.2. The lowest BCUT2D eigenvalue weighted by Crippen LogP contribution is -2.31. The molecule has 1 amide bonds. The van der Waals surface area contributed by atoms with Crippen molar-refractivity contribution >= 4 is 5.91 Å². The van der Waals surface area contributed by atoms with Crippen molar-refractivity contribution in [3.05, 3.63) is 53.9 Å². The largest absolute Gasteiger partial charge is 0.338 e. The lowest BCUT2D eigenvalue weighted by atomic mass is 10.0. The average molecular weight is 295 g/mol. The van der Waals surface area contributed by atoms with Crippen molar-refractivity contribution in [1.82, 2.24) is 14.7 Å². The third-order valence-electron chi connectivity index (χ3n) is 5.36. The number of piperidine rings is 1. The van der Waals surface area contributed by atoms with E-state index in [1.165, 1.54) is 18.4 Å². The summed E-state index contributed by atoms with van der Waals surface area (Å²) in [5.74, 6) is 0.875. The van der Waals surface area contributed by atoms with Crippen LogP contribution in [0.1, 0.15) is 35.7 Å². The third-order valence-corrected chi connectivity index (χ3v) is 5.36. The smallest absolute Gasteiger partial charge is 0.257 e. The maximum Gasteiger partial charge on any atom is 0.257 e. The zero-order chi connectivity index (χ0) is 15.2. The van der Waals surface area contributed by atoms with E-state index in [4.69, 9.17) is 0 Å². The number of amides is 1. The molecular formula is C18H21N3O. The molecule has 2 aliphatic rings. The lowest BCUT2D eigenvalue weighted by Gasteiger charge is -2.19. The average Bonchev–Trinajstić information content (AvgIpc) is 2.89. The monoisotopic (exact) mass is 295 g/mol. The van der Waals surface area contributed by atoms with Crippen LogP contribution in [0.3, 0.4) is 0 Å². The van der Waals surface area contributed by atoms with Gasteiger partial charge in [0, 0.05) is 19.3 Å². The molecule has 2 atom stereocenters. The van der Waals surface area contributed by atoms with E-state index >= 15 is 0 Å². The Labute approximate surface area is 130 Å². The Kier molecular flexibility index (Phi) is 3.06. The highest BCUT2D eigenvalue weighted by atomic mass is 16.2. The van der Waals surface area contributed by atoms with Gasteiger partial charge < -0.3 is 4.90 Å². The summed E-state index contributed by atoms with van der Waals surface area (Å²) in [6.07, 6.45) is 6.07. The van der Waals surface area contributed by atoms with Crippen LogP contribution in [0.2, 0.25) is 0 Å². The van der Waals surface area contributed by atoms with Crippen molar-refractivity contribution in [3.8, 4) is 0 Å². The minimum Gasteiger partial charge on any atom is -0.338 e. The Balaban J connectivity index is 1.44. The Morgan fingerprint density at radius 3 is 2.91 bits per heavy atom. The van der Waals surface area contributed by atoms with Gasteiger partial charge in [0.1, 0.15) is 0 Å². The van der Waals surface area contributed by atoms with E-state index in [1.54, 1.807) is 6.20 Å². The molecule has 4 nitrogen and oxygen atoms in total. The highest BCUT2D eigenvalue weighted by molar-refractivity contribution is 5.94. The number of carbonyl (C=O) groups excluding carboxylic acids is 1. The van der Waals surface area contributed by atoms with Crippen molar-refractivity contribution in [2.75, 3.05) is 13.1 Å². The van der Waals surface area contributed by atoms with Gasteiger partial charge >= 0.3 is 0 Å². The number of aromatic nitrogens is 2. The molecule has 0 spiro atoms. The van der Waals surface area contributed by atoms with Crippen LogP contribution in [0.25, 0.3) is 0 Å². The van der Waals surface area contributed by atoms with Gasteiger partial charge in [-0.1, -0.05) is 37.3 Å². The minimum absolute atomic E-state index is 0.138. The van der Waals surface area contributed by atoms with Crippen LogP contribution >= 0.6 is 0 Å². The number of fused-ring (bicyclic) bond motifs is 1. The summed E-state index contributed by atoms with van der Waals surface area (Å²) < 4.78 is 1.84. The van der Waals surface area contributed by atoms with E-state index in [-0.39, 0.29) is 5.91 Å². The maximum absolute atomic E-state index is 12.6. The van der Waals surface area contributed by atoms with Crippen molar-refractivity contribution in [3.63, 3.8) is 0 Å². The molecular weight excluding hydrogens is 274 g/mol. The molecule has 114 valence electrons. The van der Waals surface area contributed by atoms with E-state index in [2.05, 4.69) is 24.2 Å². The van der Waals surface area contributed by atoms with E-state index in [0.29, 0.717) is 17.5 Å². The number of nitrogens with zero attached hydrogens (tertiary/aromatic N) is 3. The predicted molar refractivity (Wildman–Crippen MR) is 84.5 cm³/mol. The first kappa shape index (κ1) is 13.6. The summed E-state index contributed by atoms with van der Waals surface area (Å²) in [4.78, 5) is 14.6. The van der Waals surface area contributed by atoms with Crippen LogP contribution in [0.15, 0.2) is 42.7 Å². The van der Waals surface area contributed by atoms with Crippen LogP contribution in [0.5, 0.6) is 0 Å². The van der Waals surface area contributed by atoms with Crippen LogP contribution in [-0.2, 0) is 6.54 Å². The van der Waals surface area contributed by atoms with E-state index < -0.39 is 0 Å². The Hall–Kier alpha value is -2.10. The van der Waals surface area contributed by atoms with Gasteiger partial charge in [-0.25, -0.2) is 0 Å². The van der Waals surface area contributed by atoms with Crippen LogP contribution in [-0.4, -0.2) is 33.7 Å². The molecule has 1 aromatic carbocycles. The SMILES string of the molecule is CCC12CC1CN(C(=O)c1cnn(Cc3ccccc3)c1)C2. The summed E-state index contributed by atoms with van der Waals surface area (Å²) in [6.45, 7) is 4.80. The van der Waals surface area contributed by atoms with Crippen molar-refractivity contribution in [2.24, 2.45) is 11.3 Å². The molecule has 1 saturated carbocycles. The highest BCUT2D eigenvalue weighted by Crippen LogP contribution is 2.59. The van der Waals surface area contributed by atoms with Crippen LogP contribution in [0, 0.1) is 11.3 Å². The fourth-order valence-electron chi connectivity index (χ4n) is 3.81. The van der Waals surface area contributed by atoms with E-state index in [9.17, 15) is 4.79 Å². The molecule has 2 fully saturated rings. The first-order valence-corrected chi connectivity index (χ1v) is 8.06. The first-order valence-electron chi connectivity index (χ1n) is 8.06. The Morgan fingerprint density at radius 2 is 2.18 bits per heavy atom. The van der Waals surface area contributed by atoms with Gasteiger partial charge in [-0.2, -0.15) is 5.10 Å². The standard InChI is InChI=1S/C18H21N3O/c1-2-18-8-16(18)12-20(13-18)17(22)15-9-19-21(11-15)10-14-6-4-3-5-7-14/h3-7,9,11,16H,2,8,10,12-13H2,1H3. The minimum atomic E-state index is 0.138. The molecule has 2 unspecified atom stereocenters. The number of hydrogen-bond donors (Lipinski definition) is 0. The van der Waals surface area contributed by atoms with Gasteiger partial charge in [0.05, 0.1) is 18.3 Å². The fraction of sp³-hybridized carbons (Fsp3) is 0.444. The molecule has 4 rings (SSSR count). The highest BCUT2D eigenvalue weighted by Gasteiger charge is 2.59. The third kappa shape index (κ3) is 2.23. The summed E-state index contributed by atoms with van der Waals surface area (Å²) in [5, 5.41) is 4.34. The van der Waals surface area contributed by atoms with Crippen LogP contribution in [0.4, 0.5) is 0 Å². The molecule has 2 aromatic rings. The number of benzene rings is 1. The number of carbonyl (C=O) groups is 1. The fourth-order valence-corrected chi connectivity index (χ4v) is 3.81. The topological polar surface area (TPSA) is 38.1 Å². The van der Waals surface area contributed by atoms with Crippen molar-refractivity contribution < 1.29 is 4.79 Å². The van der Waals surface area contributed by atoms with Gasteiger partial charge in [-0.3, -0.25) is 9.48 Å². The molecule has 4 heteroatoms.